The quantitative estimate of drug-likeness (QED) is 0.819. The molecular weight excluding hydrogens is 364 g/mol. The Hall–Kier alpha value is -1.88. The van der Waals surface area contributed by atoms with Crippen molar-refractivity contribution in [2.45, 2.75) is 76.4 Å². The number of hydrogen-bond donors (Lipinski definition) is 1. The monoisotopic (exact) mass is 398 g/mol. The summed E-state index contributed by atoms with van der Waals surface area (Å²) in [5.74, 6) is 0.200. The largest absolute Gasteiger partial charge is 0.376 e. The van der Waals surface area contributed by atoms with Gasteiger partial charge >= 0.3 is 0 Å². The second-order valence-electron chi connectivity index (χ2n) is 9.37. The van der Waals surface area contributed by atoms with Gasteiger partial charge in [-0.1, -0.05) is 51.3 Å². The van der Waals surface area contributed by atoms with E-state index in [-0.39, 0.29) is 23.8 Å². The van der Waals surface area contributed by atoms with Crippen molar-refractivity contribution >= 4 is 11.8 Å². The van der Waals surface area contributed by atoms with Crippen molar-refractivity contribution in [3.63, 3.8) is 0 Å². The van der Waals surface area contributed by atoms with Crippen LogP contribution in [0.2, 0.25) is 0 Å². The van der Waals surface area contributed by atoms with Crippen molar-refractivity contribution in [1.82, 2.24) is 10.2 Å². The number of fused-ring (bicyclic) bond motifs is 1. The number of carbonyl (C=O) groups is 2. The molecule has 0 radical (unpaired) electrons. The third-order valence-corrected chi connectivity index (χ3v) is 6.88. The lowest BCUT2D eigenvalue weighted by Gasteiger charge is -2.54. The van der Waals surface area contributed by atoms with E-state index in [0.717, 1.165) is 50.7 Å². The summed E-state index contributed by atoms with van der Waals surface area (Å²) < 4.78 is 5.71. The predicted octanol–water partition coefficient (Wildman–Crippen LogP) is 3.88. The maximum atomic E-state index is 13.6. The van der Waals surface area contributed by atoms with E-state index >= 15 is 0 Å². The van der Waals surface area contributed by atoms with Crippen molar-refractivity contribution in [3.05, 3.63) is 35.4 Å². The third-order valence-electron chi connectivity index (χ3n) is 6.88. The Morgan fingerprint density at radius 2 is 1.97 bits per heavy atom. The molecule has 1 saturated carbocycles. The molecule has 2 atom stereocenters. The number of rotatable bonds is 5. The van der Waals surface area contributed by atoms with Crippen LogP contribution in [0.15, 0.2) is 24.3 Å². The molecule has 4 rings (SSSR count). The van der Waals surface area contributed by atoms with Crippen LogP contribution in [0.4, 0.5) is 0 Å². The lowest BCUT2D eigenvalue weighted by molar-refractivity contribution is -0.128. The van der Waals surface area contributed by atoms with Crippen LogP contribution >= 0.6 is 0 Å². The molecule has 5 heteroatoms. The van der Waals surface area contributed by atoms with Crippen LogP contribution in [0.3, 0.4) is 0 Å². The van der Waals surface area contributed by atoms with Gasteiger partial charge in [0, 0.05) is 25.3 Å². The molecule has 2 fully saturated rings. The Balaban J connectivity index is 1.72. The second kappa shape index (κ2) is 8.47. The van der Waals surface area contributed by atoms with Crippen LogP contribution in [0.25, 0.3) is 0 Å². The van der Waals surface area contributed by atoms with Crippen LogP contribution < -0.4 is 5.32 Å². The van der Waals surface area contributed by atoms with Gasteiger partial charge in [-0.15, -0.1) is 0 Å². The Morgan fingerprint density at radius 1 is 1.21 bits per heavy atom. The summed E-state index contributed by atoms with van der Waals surface area (Å²) in [6, 6.07) is 7.75. The van der Waals surface area contributed by atoms with Gasteiger partial charge in [-0.05, 0) is 43.2 Å². The maximum Gasteiger partial charge on any atom is 0.254 e. The molecule has 3 aliphatic rings. The highest BCUT2D eigenvalue weighted by molar-refractivity contribution is 6.02. The lowest BCUT2D eigenvalue weighted by Crippen LogP contribution is -2.63. The Bertz CT molecular complexity index is 748. The van der Waals surface area contributed by atoms with Crippen molar-refractivity contribution in [2.75, 3.05) is 19.7 Å². The zero-order valence-electron chi connectivity index (χ0n) is 17.8. The fourth-order valence-electron chi connectivity index (χ4n) is 5.60. The van der Waals surface area contributed by atoms with Gasteiger partial charge in [0.05, 0.1) is 17.6 Å². The van der Waals surface area contributed by atoms with Gasteiger partial charge in [-0.3, -0.25) is 9.59 Å². The maximum absolute atomic E-state index is 13.6. The number of carbonyl (C=O) groups excluding carboxylic acids is 2. The predicted molar refractivity (Wildman–Crippen MR) is 113 cm³/mol. The number of amides is 2. The normalized spacial score (nSPS) is 26.0. The molecule has 2 unspecified atom stereocenters. The number of ether oxygens (including phenoxy) is 1. The summed E-state index contributed by atoms with van der Waals surface area (Å²) in [6.45, 7) is 6.34. The molecule has 1 saturated heterocycles. The fourth-order valence-corrected chi connectivity index (χ4v) is 5.60. The first-order valence-electron chi connectivity index (χ1n) is 11.3. The van der Waals surface area contributed by atoms with E-state index in [4.69, 9.17) is 4.74 Å². The molecule has 29 heavy (non-hydrogen) atoms. The first-order valence-corrected chi connectivity index (χ1v) is 11.3. The number of benzene rings is 1. The molecule has 1 aromatic rings. The van der Waals surface area contributed by atoms with Crippen molar-refractivity contribution in [3.8, 4) is 0 Å². The van der Waals surface area contributed by atoms with Gasteiger partial charge in [-0.2, -0.15) is 0 Å². The van der Waals surface area contributed by atoms with Crippen LogP contribution in [0.5, 0.6) is 0 Å². The summed E-state index contributed by atoms with van der Waals surface area (Å²) >= 11 is 0. The average molecular weight is 399 g/mol. The zero-order chi connectivity index (χ0) is 20.4. The molecule has 1 spiro atoms. The number of nitrogens with zero attached hydrogens (tertiary/aromatic N) is 1. The zero-order valence-corrected chi connectivity index (χ0v) is 17.8. The van der Waals surface area contributed by atoms with Crippen LogP contribution in [-0.4, -0.2) is 48.1 Å². The number of nitrogens with one attached hydrogen (secondary N) is 1. The fraction of sp³-hybridized carbons (Fsp3) is 0.667. The van der Waals surface area contributed by atoms with Crippen LogP contribution in [0.1, 0.15) is 80.6 Å². The third kappa shape index (κ3) is 3.81. The SMILES string of the molecule is CC(C)CN1C(=O)c2ccccc2C(C(=O)NCC2CCCO2)C12CCCCC2. The van der Waals surface area contributed by atoms with E-state index in [0.29, 0.717) is 24.6 Å². The number of hydrogen-bond acceptors (Lipinski definition) is 3. The first kappa shape index (κ1) is 20.4. The molecule has 0 bridgehead atoms. The van der Waals surface area contributed by atoms with E-state index in [1.54, 1.807) is 0 Å². The highest BCUT2D eigenvalue weighted by Gasteiger charge is 2.54. The molecule has 1 aliphatic carbocycles. The molecule has 5 nitrogen and oxygen atoms in total. The van der Waals surface area contributed by atoms with E-state index < -0.39 is 5.54 Å². The topological polar surface area (TPSA) is 58.6 Å². The summed E-state index contributed by atoms with van der Waals surface area (Å²) in [5.41, 5.74) is 1.19. The van der Waals surface area contributed by atoms with Gasteiger partial charge in [0.2, 0.25) is 5.91 Å². The smallest absolute Gasteiger partial charge is 0.254 e. The summed E-state index contributed by atoms with van der Waals surface area (Å²) in [7, 11) is 0. The standard InChI is InChI=1S/C24H34N2O3/c1-17(2)16-26-23(28)20-11-5-4-10-19(20)21(24(26)12-6-3-7-13-24)22(27)25-15-18-9-8-14-29-18/h4-5,10-11,17-18,21H,3,6-9,12-16H2,1-2H3,(H,25,27). The minimum Gasteiger partial charge on any atom is -0.376 e. The van der Waals surface area contributed by atoms with Gasteiger partial charge in [0.15, 0.2) is 0 Å². The van der Waals surface area contributed by atoms with Crippen molar-refractivity contribution in [1.29, 1.82) is 0 Å². The molecule has 2 heterocycles. The molecule has 0 aromatic heterocycles. The van der Waals surface area contributed by atoms with Crippen LogP contribution in [-0.2, 0) is 9.53 Å². The highest BCUT2D eigenvalue weighted by atomic mass is 16.5. The first-order chi connectivity index (χ1) is 14.0. The van der Waals surface area contributed by atoms with E-state index in [9.17, 15) is 9.59 Å². The van der Waals surface area contributed by atoms with Gasteiger partial charge in [0.25, 0.3) is 5.91 Å². The minimum atomic E-state index is -0.408. The Kier molecular flexibility index (Phi) is 5.95. The molecule has 158 valence electrons. The van der Waals surface area contributed by atoms with E-state index in [1.807, 2.05) is 24.3 Å². The minimum absolute atomic E-state index is 0.0520. The summed E-state index contributed by atoms with van der Waals surface area (Å²) in [4.78, 5) is 29.2. The Labute approximate surface area is 174 Å². The van der Waals surface area contributed by atoms with Gasteiger partial charge in [0.1, 0.15) is 0 Å². The molecule has 2 aliphatic heterocycles. The van der Waals surface area contributed by atoms with E-state index in [1.165, 1.54) is 6.42 Å². The Morgan fingerprint density at radius 3 is 2.66 bits per heavy atom. The molecule has 1 N–H and O–H groups in total. The molecule has 1 aromatic carbocycles. The molecule has 2 amide bonds. The summed E-state index contributed by atoms with van der Waals surface area (Å²) in [6.07, 6.45) is 7.30. The average Bonchev–Trinajstić information content (AvgIpc) is 3.24. The second-order valence-corrected chi connectivity index (χ2v) is 9.37. The van der Waals surface area contributed by atoms with Crippen LogP contribution in [0, 0.1) is 5.92 Å². The highest BCUT2D eigenvalue weighted by Crippen LogP contribution is 2.49. The summed E-state index contributed by atoms with van der Waals surface area (Å²) in [5, 5.41) is 3.19. The lowest BCUT2D eigenvalue weighted by atomic mass is 9.65. The van der Waals surface area contributed by atoms with Gasteiger partial charge in [-0.25, -0.2) is 0 Å². The van der Waals surface area contributed by atoms with Crippen molar-refractivity contribution in [2.24, 2.45) is 5.92 Å². The molecular formula is C24H34N2O3. The van der Waals surface area contributed by atoms with E-state index in [2.05, 4.69) is 24.1 Å². The van der Waals surface area contributed by atoms with Gasteiger partial charge < -0.3 is 15.0 Å². The van der Waals surface area contributed by atoms with Crippen molar-refractivity contribution < 1.29 is 14.3 Å².